The van der Waals surface area contributed by atoms with E-state index in [9.17, 15) is 9.59 Å². The van der Waals surface area contributed by atoms with Crippen LogP contribution in [0.15, 0.2) is 36.5 Å². The molecule has 2 aliphatic heterocycles. The second-order valence-corrected chi connectivity index (χ2v) is 7.79. The summed E-state index contributed by atoms with van der Waals surface area (Å²) in [6, 6.07) is 9.65. The highest BCUT2D eigenvalue weighted by Crippen LogP contribution is 2.22. The minimum atomic E-state index is -0.0515. The van der Waals surface area contributed by atoms with Crippen LogP contribution in [0.2, 0.25) is 0 Å². The number of piperidine rings is 1. The standard InChI is InChI=1S/C21H28N6O2/c28-20(25-12-6-7-13-25)19-16-26(24-23-19)15-11-18-10-4-5-14-27(18)21(29)22-17-8-2-1-3-9-17/h1-3,8-9,16,18H,4-7,10-15H2,(H,22,29). The van der Waals surface area contributed by atoms with E-state index in [1.165, 1.54) is 0 Å². The van der Waals surface area contributed by atoms with Gasteiger partial charge in [0, 0.05) is 37.9 Å². The predicted molar refractivity (Wildman–Crippen MR) is 110 cm³/mol. The zero-order valence-corrected chi connectivity index (χ0v) is 16.7. The van der Waals surface area contributed by atoms with Crippen LogP contribution >= 0.6 is 0 Å². The molecular weight excluding hydrogens is 368 g/mol. The number of aromatic nitrogens is 3. The second kappa shape index (κ2) is 9.07. The third kappa shape index (κ3) is 4.75. The van der Waals surface area contributed by atoms with E-state index in [1.54, 1.807) is 10.9 Å². The summed E-state index contributed by atoms with van der Waals surface area (Å²) in [5.74, 6) is -0.0321. The molecule has 1 aromatic heterocycles. The van der Waals surface area contributed by atoms with Crippen LogP contribution in [0.1, 0.15) is 49.0 Å². The number of hydrogen-bond donors (Lipinski definition) is 1. The maximum Gasteiger partial charge on any atom is 0.322 e. The number of rotatable bonds is 5. The molecule has 0 spiro atoms. The first-order chi connectivity index (χ1) is 14.2. The predicted octanol–water partition coefficient (Wildman–Crippen LogP) is 2.99. The molecule has 8 heteroatoms. The summed E-state index contributed by atoms with van der Waals surface area (Å²) in [5.41, 5.74) is 1.22. The first kappa shape index (κ1) is 19.4. The zero-order chi connectivity index (χ0) is 20.1. The van der Waals surface area contributed by atoms with Gasteiger partial charge in [0.1, 0.15) is 0 Å². The van der Waals surface area contributed by atoms with E-state index in [0.29, 0.717) is 12.2 Å². The molecule has 8 nitrogen and oxygen atoms in total. The van der Waals surface area contributed by atoms with Gasteiger partial charge < -0.3 is 15.1 Å². The van der Waals surface area contributed by atoms with Crippen LogP contribution in [0, 0.1) is 0 Å². The van der Waals surface area contributed by atoms with Crippen LogP contribution in [0.4, 0.5) is 10.5 Å². The summed E-state index contributed by atoms with van der Waals surface area (Å²) in [4.78, 5) is 29.0. The summed E-state index contributed by atoms with van der Waals surface area (Å²) < 4.78 is 1.73. The van der Waals surface area contributed by atoms with Gasteiger partial charge in [-0.3, -0.25) is 9.48 Å². The molecule has 0 aliphatic carbocycles. The number of hydrogen-bond acceptors (Lipinski definition) is 4. The molecule has 4 rings (SSSR count). The summed E-state index contributed by atoms with van der Waals surface area (Å²) in [6.45, 7) is 3.01. The topological polar surface area (TPSA) is 83.4 Å². The maximum atomic E-state index is 12.8. The number of nitrogens with zero attached hydrogens (tertiary/aromatic N) is 5. The number of anilines is 1. The van der Waals surface area contributed by atoms with Crippen molar-refractivity contribution in [2.75, 3.05) is 25.0 Å². The number of aryl methyl sites for hydroxylation is 1. The molecule has 2 saturated heterocycles. The highest BCUT2D eigenvalue weighted by Gasteiger charge is 2.27. The number of para-hydroxylation sites is 1. The van der Waals surface area contributed by atoms with Crippen molar-refractivity contribution < 1.29 is 9.59 Å². The molecule has 29 heavy (non-hydrogen) atoms. The molecular formula is C21H28N6O2. The monoisotopic (exact) mass is 396 g/mol. The summed E-state index contributed by atoms with van der Waals surface area (Å²) in [7, 11) is 0. The van der Waals surface area contributed by atoms with Gasteiger partial charge in [0.25, 0.3) is 5.91 Å². The third-order valence-corrected chi connectivity index (χ3v) is 5.76. The lowest BCUT2D eigenvalue weighted by Gasteiger charge is -2.35. The molecule has 154 valence electrons. The van der Waals surface area contributed by atoms with Crippen molar-refractivity contribution in [1.82, 2.24) is 24.8 Å². The third-order valence-electron chi connectivity index (χ3n) is 5.76. The number of amides is 3. The van der Waals surface area contributed by atoms with E-state index in [1.807, 2.05) is 40.1 Å². The molecule has 1 unspecified atom stereocenters. The molecule has 0 bridgehead atoms. The zero-order valence-electron chi connectivity index (χ0n) is 16.7. The smallest absolute Gasteiger partial charge is 0.322 e. The van der Waals surface area contributed by atoms with Gasteiger partial charge in [0.2, 0.25) is 0 Å². The van der Waals surface area contributed by atoms with Crippen molar-refractivity contribution in [1.29, 1.82) is 0 Å². The average Bonchev–Trinajstić information content (AvgIpc) is 3.45. The lowest BCUT2D eigenvalue weighted by Crippen LogP contribution is -2.46. The van der Waals surface area contributed by atoms with Gasteiger partial charge in [0.15, 0.2) is 5.69 Å². The van der Waals surface area contributed by atoms with Gasteiger partial charge in [-0.25, -0.2) is 4.79 Å². The van der Waals surface area contributed by atoms with Crippen LogP contribution in [-0.4, -0.2) is 62.4 Å². The van der Waals surface area contributed by atoms with Crippen molar-refractivity contribution in [2.24, 2.45) is 0 Å². The van der Waals surface area contributed by atoms with Gasteiger partial charge in [-0.1, -0.05) is 23.4 Å². The number of urea groups is 1. The Hall–Kier alpha value is -2.90. The number of carbonyl (C=O) groups excluding carboxylic acids is 2. The van der Waals surface area contributed by atoms with Crippen molar-refractivity contribution >= 4 is 17.6 Å². The fourth-order valence-corrected chi connectivity index (χ4v) is 4.15. The molecule has 0 saturated carbocycles. The van der Waals surface area contributed by atoms with Crippen molar-refractivity contribution in [3.05, 3.63) is 42.2 Å². The average molecular weight is 396 g/mol. The SMILES string of the molecule is O=C(c1cn(CCC2CCCCN2C(=O)Nc2ccccc2)nn1)N1CCCC1. The number of benzene rings is 1. The van der Waals surface area contributed by atoms with Crippen LogP contribution in [0.5, 0.6) is 0 Å². The normalized spacial score (nSPS) is 19.4. The molecule has 2 aromatic rings. The number of nitrogens with one attached hydrogen (secondary N) is 1. The van der Waals surface area contributed by atoms with Crippen molar-refractivity contribution in [3.8, 4) is 0 Å². The van der Waals surface area contributed by atoms with E-state index in [4.69, 9.17) is 0 Å². The van der Waals surface area contributed by atoms with E-state index in [2.05, 4.69) is 15.6 Å². The van der Waals surface area contributed by atoms with Crippen molar-refractivity contribution in [2.45, 2.75) is 51.1 Å². The highest BCUT2D eigenvalue weighted by atomic mass is 16.2. The Labute approximate surface area is 170 Å². The largest absolute Gasteiger partial charge is 0.337 e. The van der Waals surface area contributed by atoms with Crippen LogP contribution in [-0.2, 0) is 6.54 Å². The molecule has 1 aromatic carbocycles. The van der Waals surface area contributed by atoms with E-state index in [-0.39, 0.29) is 18.0 Å². The number of likely N-dealkylation sites (tertiary alicyclic amines) is 2. The van der Waals surface area contributed by atoms with Gasteiger partial charge >= 0.3 is 6.03 Å². The quantitative estimate of drug-likeness (QED) is 0.842. The van der Waals surface area contributed by atoms with Gasteiger partial charge in [-0.15, -0.1) is 5.10 Å². The fourth-order valence-electron chi connectivity index (χ4n) is 4.15. The van der Waals surface area contributed by atoms with E-state index in [0.717, 1.165) is 63.8 Å². The van der Waals surface area contributed by atoms with E-state index >= 15 is 0 Å². The first-order valence-electron chi connectivity index (χ1n) is 10.5. The van der Waals surface area contributed by atoms with Crippen LogP contribution in [0.25, 0.3) is 0 Å². The molecule has 3 heterocycles. The molecule has 3 amide bonds. The molecule has 1 N–H and O–H groups in total. The Kier molecular flexibility index (Phi) is 6.07. The van der Waals surface area contributed by atoms with Crippen LogP contribution < -0.4 is 5.32 Å². The molecule has 1 atom stereocenters. The first-order valence-corrected chi connectivity index (χ1v) is 10.5. The molecule has 2 fully saturated rings. The molecule has 0 radical (unpaired) electrons. The second-order valence-electron chi connectivity index (χ2n) is 7.79. The Morgan fingerprint density at radius 1 is 1.03 bits per heavy atom. The lowest BCUT2D eigenvalue weighted by atomic mass is 10.00. The van der Waals surface area contributed by atoms with Gasteiger partial charge in [-0.2, -0.15) is 0 Å². The maximum absolute atomic E-state index is 12.8. The van der Waals surface area contributed by atoms with Gasteiger partial charge in [-0.05, 0) is 50.7 Å². The van der Waals surface area contributed by atoms with Crippen LogP contribution in [0.3, 0.4) is 0 Å². The highest BCUT2D eigenvalue weighted by molar-refractivity contribution is 5.92. The van der Waals surface area contributed by atoms with E-state index < -0.39 is 0 Å². The minimum absolute atomic E-state index is 0.0321. The fraction of sp³-hybridized carbons (Fsp3) is 0.524. The Bertz CT molecular complexity index is 831. The Morgan fingerprint density at radius 2 is 1.79 bits per heavy atom. The summed E-state index contributed by atoms with van der Waals surface area (Å²) in [5, 5.41) is 11.2. The summed E-state index contributed by atoms with van der Waals surface area (Å²) in [6.07, 6.45) is 7.77. The number of carbonyl (C=O) groups is 2. The lowest BCUT2D eigenvalue weighted by molar-refractivity contribution is 0.0787. The Morgan fingerprint density at radius 3 is 2.59 bits per heavy atom. The Balaban J connectivity index is 1.34. The molecule has 2 aliphatic rings. The minimum Gasteiger partial charge on any atom is -0.337 e. The summed E-state index contributed by atoms with van der Waals surface area (Å²) >= 11 is 0. The van der Waals surface area contributed by atoms with Gasteiger partial charge in [0.05, 0.1) is 6.20 Å². The van der Waals surface area contributed by atoms with Crippen molar-refractivity contribution in [3.63, 3.8) is 0 Å².